The fourth-order valence-electron chi connectivity index (χ4n) is 1.86. The zero-order valence-electron chi connectivity index (χ0n) is 8.00. The molecule has 78 valence electrons. The first-order valence-corrected chi connectivity index (χ1v) is 5.59. The van der Waals surface area contributed by atoms with Crippen molar-refractivity contribution in [3.8, 4) is 0 Å². The maximum Gasteiger partial charge on any atom is 0.0207 e. The molecule has 1 heterocycles. The van der Waals surface area contributed by atoms with Crippen molar-refractivity contribution in [1.82, 2.24) is 5.32 Å². The predicted molar refractivity (Wildman–Crippen MR) is 66.1 cm³/mol. The van der Waals surface area contributed by atoms with Gasteiger partial charge in [0.1, 0.15) is 0 Å². The topological polar surface area (TPSA) is 12.0 Å². The highest BCUT2D eigenvalue weighted by Gasteiger charge is 2.15. The van der Waals surface area contributed by atoms with E-state index in [-0.39, 0.29) is 12.4 Å². The number of rotatable bonds is 2. The number of hydrogen-bond acceptors (Lipinski definition) is 1. The minimum absolute atomic E-state index is 0. The van der Waals surface area contributed by atoms with Gasteiger partial charge in [-0.25, -0.2) is 0 Å². The Balaban J connectivity index is 0.000000980. The number of benzene rings is 1. The minimum Gasteiger partial charge on any atom is -0.316 e. The van der Waals surface area contributed by atoms with Crippen LogP contribution in [0.2, 0.25) is 0 Å². The summed E-state index contributed by atoms with van der Waals surface area (Å²) in [5, 5.41) is 3.40. The molecule has 0 saturated carbocycles. The first-order chi connectivity index (χ1) is 6.36. The van der Waals surface area contributed by atoms with Crippen molar-refractivity contribution in [1.29, 1.82) is 0 Å². The van der Waals surface area contributed by atoms with Crippen LogP contribution in [-0.2, 0) is 6.42 Å². The molecule has 1 atom stereocenters. The molecule has 1 saturated heterocycles. The summed E-state index contributed by atoms with van der Waals surface area (Å²) in [6.45, 7) is 2.37. The van der Waals surface area contributed by atoms with Gasteiger partial charge >= 0.3 is 0 Å². The molecule has 0 amide bonds. The highest BCUT2D eigenvalue weighted by Crippen LogP contribution is 2.21. The van der Waals surface area contributed by atoms with Gasteiger partial charge in [-0.15, -0.1) is 12.4 Å². The van der Waals surface area contributed by atoms with Crippen LogP contribution in [0.5, 0.6) is 0 Å². The highest BCUT2D eigenvalue weighted by molar-refractivity contribution is 9.10. The molecule has 1 N–H and O–H groups in total. The second-order valence-corrected chi connectivity index (χ2v) is 4.51. The number of halogens is 2. The second kappa shape index (κ2) is 5.74. The van der Waals surface area contributed by atoms with Crippen molar-refractivity contribution < 1.29 is 0 Å². The molecule has 0 radical (unpaired) electrons. The Morgan fingerprint density at radius 2 is 2.14 bits per heavy atom. The third-order valence-electron chi connectivity index (χ3n) is 2.63. The van der Waals surface area contributed by atoms with Crippen molar-refractivity contribution in [2.45, 2.75) is 12.8 Å². The van der Waals surface area contributed by atoms with E-state index >= 15 is 0 Å². The van der Waals surface area contributed by atoms with Gasteiger partial charge in [-0.05, 0) is 43.5 Å². The van der Waals surface area contributed by atoms with Crippen LogP contribution in [-0.4, -0.2) is 13.1 Å². The van der Waals surface area contributed by atoms with E-state index in [1.807, 2.05) is 0 Å². The zero-order valence-corrected chi connectivity index (χ0v) is 10.4. The normalized spacial score (nSPS) is 20.5. The Hall–Kier alpha value is -0.0500. The maximum absolute atomic E-state index is 3.58. The van der Waals surface area contributed by atoms with E-state index in [4.69, 9.17) is 0 Å². The Morgan fingerprint density at radius 1 is 1.36 bits per heavy atom. The SMILES string of the molecule is Brc1ccccc1CC1CCNC1.Cl. The molecule has 0 bridgehead atoms. The zero-order chi connectivity index (χ0) is 9.10. The Kier molecular flexibility index (Phi) is 4.93. The van der Waals surface area contributed by atoms with Crippen molar-refractivity contribution in [2.75, 3.05) is 13.1 Å². The quantitative estimate of drug-likeness (QED) is 0.875. The average Bonchev–Trinajstić information content (AvgIpc) is 2.61. The van der Waals surface area contributed by atoms with Crippen molar-refractivity contribution >= 4 is 28.3 Å². The van der Waals surface area contributed by atoms with Crippen LogP contribution in [0.4, 0.5) is 0 Å². The first-order valence-electron chi connectivity index (χ1n) is 4.80. The Bertz CT molecular complexity index is 284. The van der Waals surface area contributed by atoms with Gasteiger partial charge in [0, 0.05) is 4.47 Å². The van der Waals surface area contributed by atoms with Crippen molar-refractivity contribution in [2.24, 2.45) is 5.92 Å². The molecule has 0 aromatic heterocycles. The summed E-state index contributed by atoms with van der Waals surface area (Å²) >= 11 is 3.58. The molecule has 1 aromatic rings. The largest absolute Gasteiger partial charge is 0.316 e. The summed E-state index contributed by atoms with van der Waals surface area (Å²) in [4.78, 5) is 0. The third-order valence-corrected chi connectivity index (χ3v) is 3.40. The monoisotopic (exact) mass is 275 g/mol. The first kappa shape index (κ1) is 12.0. The Labute approximate surface area is 99.8 Å². The molecule has 1 aliphatic rings. The van der Waals surface area contributed by atoms with Gasteiger partial charge in [0.05, 0.1) is 0 Å². The summed E-state index contributed by atoms with van der Waals surface area (Å²) in [5.41, 5.74) is 1.44. The number of nitrogens with one attached hydrogen (secondary N) is 1. The van der Waals surface area contributed by atoms with Crippen LogP contribution in [0.15, 0.2) is 28.7 Å². The van der Waals surface area contributed by atoms with Crippen LogP contribution in [0, 0.1) is 5.92 Å². The molecule has 0 spiro atoms. The summed E-state index contributed by atoms with van der Waals surface area (Å²) in [7, 11) is 0. The van der Waals surface area contributed by atoms with Crippen LogP contribution in [0.3, 0.4) is 0 Å². The van der Waals surface area contributed by atoms with E-state index in [1.165, 1.54) is 36.0 Å². The lowest BCUT2D eigenvalue weighted by Gasteiger charge is -2.09. The van der Waals surface area contributed by atoms with Gasteiger partial charge in [0.15, 0.2) is 0 Å². The summed E-state index contributed by atoms with van der Waals surface area (Å²) in [6.07, 6.45) is 2.52. The molecule has 1 unspecified atom stereocenters. The molecule has 3 heteroatoms. The van der Waals surface area contributed by atoms with E-state index in [9.17, 15) is 0 Å². The second-order valence-electron chi connectivity index (χ2n) is 3.65. The summed E-state index contributed by atoms with van der Waals surface area (Å²) in [5.74, 6) is 0.832. The van der Waals surface area contributed by atoms with Crippen molar-refractivity contribution in [3.63, 3.8) is 0 Å². The van der Waals surface area contributed by atoms with Crippen LogP contribution in [0.25, 0.3) is 0 Å². The highest BCUT2D eigenvalue weighted by atomic mass is 79.9. The molecule has 1 fully saturated rings. The molecule has 1 nitrogen and oxygen atoms in total. The third kappa shape index (κ3) is 2.97. The molecular formula is C11H15BrClN. The fourth-order valence-corrected chi connectivity index (χ4v) is 2.31. The van der Waals surface area contributed by atoms with Crippen LogP contribution >= 0.6 is 28.3 Å². The minimum atomic E-state index is 0. The van der Waals surface area contributed by atoms with Gasteiger partial charge in [-0.3, -0.25) is 0 Å². The molecule has 1 aliphatic heterocycles. The Morgan fingerprint density at radius 3 is 2.79 bits per heavy atom. The van der Waals surface area contributed by atoms with Gasteiger partial charge < -0.3 is 5.32 Å². The van der Waals surface area contributed by atoms with E-state index in [0.717, 1.165) is 5.92 Å². The summed E-state index contributed by atoms with van der Waals surface area (Å²) in [6, 6.07) is 8.52. The lowest BCUT2D eigenvalue weighted by Crippen LogP contribution is -2.10. The van der Waals surface area contributed by atoms with E-state index in [0.29, 0.717) is 0 Å². The van der Waals surface area contributed by atoms with Crippen LogP contribution < -0.4 is 5.32 Å². The van der Waals surface area contributed by atoms with Gasteiger partial charge in [-0.2, -0.15) is 0 Å². The van der Waals surface area contributed by atoms with E-state index in [2.05, 4.69) is 45.5 Å². The fraction of sp³-hybridized carbons (Fsp3) is 0.455. The van der Waals surface area contributed by atoms with E-state index in [1.54, 1.807) is 0 Å². The molecule has 1 aromatic carbocycles. The maximum atomic E-state index is 3.58. The van der Waals surface area contributed by atoms with Crippen molar-refractivity contribution in [3.05, 3.63) is 34.3 Å². The summed E-state index contributed by atoms with van der Waals surface area (Å²) < 4.78 is 1.25. The molecule has 2 rings (SSSR count). The van der Waals surface area contributed by atoms with Gasteiger partial charge in [-0.1, -0.05) is 34.1 Å². The van der Waals surface area contributed by atoms with Gasteiger partial charge in [0.2, 0.25) is 0 Å². The molecule has 0 aliphatic carbocycles. The predicted octanol–water partition coefficient (Wildman–Crippen LogP) is 3.02. The van der Waals surface area contributed by atoms with Gasteiger partial charge in [0.25, 0.3) is 0 Å². The number of hydrogen-bond donors (Lipinski definition) is 1. The van der Waals surface area contributed by atoms with E-state index < -0.39 is 0 Å². The average molecular weight is 277 g/mol. The molecule has 14 heavy (non-hydrogen) atoms. The standard InChI is InChI=1S/C11H14BrN.ClH/c12-11-4-2-1-3-10(11)7-9-5-6-13-8-9;/h1-4,9,13H,5-8H2;1H. The van der Waals surface area contributed by atoms with Crippen LogP contribution in [0.1, 0.15) is 12.0 Å². The lowest BCUT2D eigenvalue weighted by molar-refractivity contribution is 0.579. The molecular weight excluding hydrogens is 261 g/mol. The lowest BCUT2D eigenvalue weighted by atomic mass is 9.99. The smallest absolute Gasteiger partial charge is 0.0207 e.